The SMILES string of the molecule is O=C(C[C@@H](c1ccccc1)c1cc2c([nH]1)CC=CC2)c1ccccc1. The number of aromatic nitrogens is 1. The van der Waals surface area contributed by atoms with E-state index in [4.69, 9.17) is 0 Å². The number of allylic oxidation sites excluding steroid dienone is 2. The maximum atomic E-state index is 12.8. The van der Waals surface area contributed by atoms with Gasteiger partial charge in [-0.25, -0.2) is 0 Å². The van der Waals surface area contributed by atoms with Crippen molar-refractivity contribution in [2.45, 2.75) is 25.2 Å². The number of H-pyrrole nitrogens is 1. The largest absolute Gasteiger partial charge is 0.361 e. The second kappa shape index (κ2) is 6.94. The molecule has 1 aromatic heterocycles. The summed E-state index contributed by atoms with van der Waals surface area (Å²) in [7, 11) is 0. The molecule has 0 radical (unpaired) electrons. The average molecular weight is 327 g/mol. The number of fused-ring (bicyclic) bond motifs is 1. The first-order valence-electron chi connectivity index (χ1n) is 8.80. The number of aromatic amines is 1. The van der Waals surface area contributed by atoms with E-state index in [1.54, 1.807) is 0 Å². The lowest BCUT2D eigenvalue weighted by molar-refractivity contribution is 0.0977. The maximum absolute atomic E-state index is 12.8. The molecule has 1 aliphatic carbocycles. The minimum absolute atomic E-state index is 0.0551. The summed E-state index contributed by atoms with van der Waals surface area (Å²) in [6.07, 6.45) is 6.81. The van der Waals surface area contributed by atoms with E-state index in [-0.39, 0.29) is 11.7 Å². The van der Waals surface area contributed by atoms with E-state index in [1.165, 1.54) is 16.8 Å². The summed E-state index contributed by atoms with van der Waals surface area (Å²) in [6.45, 7) is 0. The van der Waals surface area contributed by atoms with E-state index in [0.717, 1.165) is 24.1 Å². The van der Waals surface area contributed by atoms with Gasteiger partial charge in [0.2, 0.25) is 0 Å². The highest BCUT2D eigenvalue weighted by Gasteiger charge is 2.22. The van der Waals surface area contributed by atoms with E-state index in [0.29, 0.717) is 6.42 Å². The third-order valence-electron chi connectivity index (χ3n) is 4.90. The van der Waals surface area contributed by atoms with Crippen LogP contribution in [-0.2, 0) is 12.8 Å². The van der Waals surface area contributed by atoms with E-state index in [1.807, 2.05) is 48.5 Å². The van der Waals surface area contributed by atoms with Gasteiger partial charge in [0, 0.05) is 35.7 Å². The molecule has 0 unspecified atom stereocenters. The molecule has 0 aliphatic heterocycles. The van der Waals surface area contributed by atoms with Gasteiger partial charge in [-0.1, -0.05) is 72.8 Å². The summed E-state index contributed by atoms with van der Waals surface area (Å²) in [5.41, 5.74) is 5.74. The molecule has 1 N–H and O–H groups in total. The highest BCUT2D eigenvalue weighted by molar-refractivity contribution is 5.96. The molecule has 0 amide bonds. The number of carbonyl (C=O) groups is 1. The molecule has 124 valence electrons. The molecular weight excluding hydrogens is 306 g/mol. The van der Waals surface area contributed by atoms with Gasteiger partial charge in [-0.2, -0.15) is 0 Å². The van der Waals surface area contributed by atoms with Gasteiger partial charge in [0.15, 0.2) is 5.78 Å². The topological polar surface area (TPSA) is 32.9 Å². The predicted octanol–water partition coefficient (Wildman–Crippen LogP) is 5.07. The van der Waals surface area contributed by atoms with Gasteiger partial charge in [-0.3, -0.25) is 4.79 Å². The van der Waals surface area contributed by atoms with Crippen molar-refractivity contribution >= 4 is 5.78 Å². The van der Waals surface area contributed by atoms with E-state index in [2.05, 4.69) is 35.3 Å². The molecule has 1 heterocycles. The first kappa shape index (κ1) is 15.6. The number of hydrogen-bond acceptors (Lipinski definition) is 1. The number of carbonyl (C=O) groups excluding carboxylic acids is 1. The van der Waals surface area contributed by atoms with Crippen LogP contribution < -0.4 is 0 Å². The lowest BCUT2D eigenvalue weighted by Gasteiger charge is -2.16. The van der Waals surface area contributed by atoms with Gasteiger partial charge in [-0.05, 0) is 23.6 Å². The Kier molecular flexibility index (Phi) is 4.34. The lowest BCUT2D eigenvalue weighted by atomic mass is 9.89. The van der Waals surface area contributed by atoms with Crippen molar-refractivity contribution in [3.63, 3.8) is 0 Å². The Morgan fingerprint density at radius 1 is 0.920 bits per heavy atom. The van der Waals surface area contributed by atoms with Gasteiger partial charge < -0.3 is 4.98 Å². The Hall–Kier alpha value is -2.87. The van der Waals surface area contributed by atoms with Crippen LogP contribution in [0.4, 0.5) is 0 Å². The van der Waals surface area contributed by atoms with Crippen LogP contribution in [-0.4, -0.2) is 10.8 Å². The van der Waals surface area contributed by atoms with E-state index < -0.39 is 0 Å². The number of nitrogens with one attached hydrogen (secondary N) is 1. The van der Waals surface area contributed by atoms with Crippen molar-refractivity contribution in [1.82, 2.24) is 4.98 Å². The van der Waals surface area contributed by atoms with Gasteiger partial charge in [0.25, 0.3) is 0 Å². The molecular formula is C23H21NO. The van der Waals surface area contributed by atoms with Crippen molar-refractivity contribution in [2.24, 2.45) is 0 Å². The van der Waals surface area contributed by atoms with Crippen molar-refractivity contribution in [2.75, 3.05) is 0 Å². The summed E-state index contributed by atoms with van der Waals surface area (Å²) < 4.78 is 0. The molecule has 3 aromatic rings. The van der Waals surface area contributed by atoms with Crippen molar-refractivity contribution < 1.29 is 4.79 Å². The highest BCUT2D eigenvalue weighted by atomic mass is 16.1. The Morgan fingerprint density at radius 3 is 2.32 bits per heavy atom. The molecule has 1 atom stereocenters. The minimum atomic E-state index is 0.0551. The van der Waals surface area contributed by atoms with Crippen molar-refractivity contribution in [3.8, 4) is 0 Å². The van der Waals surface area contributed by atoms with Crippen LogP contribution in [0.3, 0.4) is 0 Å². The summed E-state index contributed by atoms with van der Waals surface area (Å²) in [5.74, 6) is 0.236. The lowest BCUT2D eigenvalue weighted by Crippen LogP contribution is -2.09. The number of benzene rings is 2. The summed E-state index contributed by atoms with van der Waals surface area (Å²) >= 11 is 0. The zero-order chi connectivity index (χ0) is 17.1. The van der Waals surface area contributed by atoms with Crippen molar-refractivity contribution in [1.29, 1.82) is 0 Å². The average Bonchev–Trinajstić information content (AvgIpc) is 3.11. The fraction of sp³-hybridized carbons (Fsp3) is 0.174. The van der Waals surface area contributed by atoms with Gasteiger partial charge in [-0.15, -0.1) is 0 Å². The number of hydrogen-bond donors (Lipinski definition) is 1. The van der Waals surface area contributed by atoms with E-state index in [9.17, 15) is 4.79 Å². The van der Waals surface area contributed by atoms with Crippen LogP contribution in [0.15, 0.2) is 78.9 Å². The number of Topliss-reactive ketones (excluding diaryl/α,β-unsaturated/α-hetero) is 1. The third kappa shape index (κ3) is 3.34. The molecule has 1 aliphatic rings. The molecule has 0 saturated carbocycles. The number of rotatable bonds is 5. The van der Waals surface area contributed by atoms with Crippen LogP contribution in [0.25, 0.3) is 0 Å². The molecule has 0 saturated heterocycles. The predicted molar refractivity (Wildman–Crippen MR) is 101 cm³/mol. The molecule has 0 fully saturated rings. The first-order valence-corrected chi connectivity index (χ1v) is 8.80. The fourth-order valence-electron chi connectivity index (χ4n) is 3.55. The number of ketones is 1. The minimum Gasteiger partial charge on any atom is -0.361 e. The van der Waals surface area contributed by atoms with Crippen molar-refractivity contribution in [3.05, 3.63) is 107 Å². The van der Waals surface area contributed by atoms with Crippen LogP contribution in [0.5, 0.6) is 0 Å². The second-order valence-corrected chi connectivity index (χ2v) is 6.56. The van der Waals surface area contributed by atoms with Gasteiger partial charge >= 0.3 is 0 Å². The normalized spacial score (nSPS) is 14.1. The monoisotopic (exact) mass is 327 g/mol. The first-order chi connectivity index (χ1) is 12.3. The van der Waals surface area contributed by atoms with Crippen LogP contribution in [0.1, 0.15) is 45.2 Å². The quantitative estimate of drug-likeness (QED) is 0.515. The summed E-state index contributed by atoms with van der Waals surface area (Å²) in [6, 6.07) is 22.1. The van der Waals surface area contributed by atoms with Crippen LogP contribution in [0, 0.1) is 0 Å². The molecule has 0 spiro atoms. The zero-order valence-corrected chi connectivity index (χ0v) is 14.1. The Bertz CT molecular complexity index is 865. The summed E-state index contributed by atoms with van der Waals surface area (Å²) in [4.78, 5) is 16.4. The molecule has 2 aromatic carbocycles. The molecule has 0 bridgehead atoms. The van der Waals surface area contributed by atoms with Gasteiger partial charge in [0.1, 0.15) is 0 Å². The van der Waals surface area contributed by atoms with Crippen LogP contribution >= 0.6 is 0 Å². The second-order valence-electron chi connectivity index (χ2n) is 6.56. The molecule has 4 rings (SSSR count). The molecule has 2 nitrogen and oxygen atoms in total. The van der Waals surface area contributed by atoms with Gasteiger partial charge in [0.05, 0.1) is 0 Å². The molecule has 25 heavy (non-hydrogen) atoms. The van der Waals surface area contributed by atoms with E-state index >= 15 is 0 Å². The van der Waals surface area contributed by atoms with Crippen LogP contribution in [0.2, 0.25) is 0 Å². The third-order valence-corrected chi connectivity index (χ3v) is 4.90. The fourth-order valence-corrected chi connectivity index (χ4v) is 3.55. The Labute approximate surface area is 148 Å². The maximum Gasteiger partial charge on any atom is 0.163 e. The summed E-state index contributed by atoms with van der Waals surface area (Å²) in [5, 5.41) is 0. The molecule has 2 heteroatoms. The zero-order valence-electron chi connectivity index (χ0n) is 14.1. The Morgan fingerprint density at radius 2 is 1.60 bits per heavy atom. The smallest absolute Gasteiger partial charge is 0.163 e. The highest BCUT2D eigenvalue weighted by Crippen LogP contribution is 2.31. The Balaban J connectivity index is 1.68. The standard InChI is InChI=1S/C23H21NO/c25-23(18-11-5-2-6-12-18)16-20(17-9-3-1-4-10-17)22-15-19-13-7-8-14-21(19)24-22/h1-12,15,20,24H,13-14,16H2/t20-/m0/s1.